The Morgan fingerprint density at radius 1 is 1.06 bits per heavy atom. The first-order chi connectivity index (χ1) is 8.54. The lowest BCUT2D eigenvalue weighted by atomic mass is 9.96. The fourth-order valence-corrected chi connectivity index (χ4v) is 2.97. The first kappa shape index (κ1) is 15.7. The van der Waals surface area contributed by atoms with E-state index < -0.39 is 0 Å². The summed E-state index contributed by atoms with van der Waals surface area (Å²) < 4.78 is 0. The minimum Gasteiger partial charge on any atom is -0.296 e. The topological polar surface area (TPSA) is 3.24 Å². The van der Waals surface area contributed by atoms with Crippen molar-refractivity contribution in [2.45, 2.75) is 40.3 Å². The van der Waals surface area contributed by atoms with Crippen molar-refractivity contribution >= 4 is 15.9 Å². The van der Waals surface area contributed by atoms with Gasteiger partial charge in [-0.05, 0) is 31.2 Å². The van der Waals surface area contributed by atoms with Crippen LogP contribution in [0.3, 0.4) is 0 Å². The van der Waals surface area contributed by atoms with Crippen LogP contribution >= 0.6 is 15.9 Å². The molecule has 1 unspecified atom stereocenters. The molecule has 0 bridgehead atoms. The van der Waals surface area contributed by atoms with Crippen molar-refractivity contribution < 1.29 is 0 Å². The summed E-state index contributed by atoms with van der Waals surface area (Å²) in [6.45, 7) is 11.4. The zero-order valence-electron chi connectivity index (χ0n) is 12.1. The average Bonchev–Trinajstić information content (AvgIpc) is 2.34. The van der Waals surface area contributed by atoms with Crippen LogP contribution in [0.25, 0.3) is 0 Å². The molecule has 0 N–H and O–H groups in total. The number of benzene rings is 1. The molecule has 0 aromatic heterocycles. The SMILES string of the molecule is CC(C)C(CBr)CN(Cc1ccccc1)C(C)C. The van der Waals surface area contributed by atoms with E-state index >= 15 is 0 Å². The lowest BCUT2D eigenvalue weighted by Crippen LogP contribution is -2.37. The molecule has 0 fully saturated rings. The van der Waals surface area contributed by atoms with Gasteiger partial charge in [-0.15, -0.1) is 0 Å². The van der Waals surface area contributed by atoms with Gasteiger partial charge < -0.3 is 0 Å². The van der Waals surface area contributed by atoms with E-state index in [1.54, 1.807) is 0 Å². The van der Waals surface area contributed by atoms with E-state index in [2.05, 4.69) is 78.9 Å². The Balaban J connectivity index is 2.66. The van der Waals surface area contributed by atoms with Crippen molar-refractivity contribution in [3.8, 4) is 0 Å². The standard InChI is InChI=1S/C16H26BrN/c1-13(2)16(10-17)12-18(14(3)4)11-15-8-6-5-7-9-15/h5-9,13-14,16H,10-12H2,1-4H3. The summed E-state index contributed by atoms with van der Waals surface area (Å²) >= 11 is 3.65. The molecular formula is C16H26BrN. The average molecular weight is 312 g/mol. The van der Waals surface area contributed by atoms with Gasteiger partial charge in [-0.3, -0.25) is 4.90 Å². The van der Waals surface area contributed by atoms with Crippen LogP contribution < -0.4 is 0 Å². The van der Waals surface area contributed by atoms with E-state index in [-0.39, 0.29) is 0 Å². The molecule has 0 saturated carbocycles. The Hall–Kier alpha value is -0.340. The van der Waals surface area contributed by atoms with Gasteiger partial charge in [0, 0.05) is 24.5 Å². The van der Waals surface area contributed by atoms with Crippen LogP contribution in [0.2, 0.25) is 0 Å². The minimum absolute atomic E-state index is 0.588. The summed E-state index contributed by atoms with van der Waals surface area (Å²) in [5.41, 5.74) is 1.41. The van der Waals surface area contributed by atoms with Crippen LogP contribution in [0.5, 0.6) is 0 Å². The Kier molecular flexibility index (Phi) is 6.95. The molecule has 0 aliphatic heterocycles. The zero-order chi connectivity index (χ0) is 13.5. The van der Waals surface area contributed by atoms with E-state index in [1.165, 1.54) is 5.56 Å². The number of hydrogen-bond donors (Lipinski definition) is 0. The van der Waals surface area contributed by atoms with Crippen LogP contribution in [-0.4, -0.2) is 22.8 Å². The summed E-state index contributed by atoms with van der Waals surface area (Å²) in [7, 11) is 0. The molecule has 1 atom stereocenters. The van der Waals surface area contributed by atoms with Gasteiger partial charge in [0.25, 0.3) is 0 Å². The molecule has 0 aliphatic carbocycles. The van der Waals surface area contributed by atoms with Gasteiger partial charge in [-0.1, -0.05) is 60.1 Å². The third-order valence-corrected chi connectivity index (χ3v) is 4.40. The van der Waals surface area contributed by atoms with Crippen molar-refractivity contribution in [3.63, 3.8) is 0 Å². The van der Waals surface area contributed by atoms with Crippen LogP contribution in [0.4, 0.5) is 0 Å². The summed E-state index contributed by atoms with van der Waals surface area (Å²) in [5, 5.41) is 1.09. The molecule has 102 valence electrons. The smallest absolute Gasteiger partial charge is 0.0236 e. The molecule has 1 rings (SSSR count). The monoisotopic (exact) mass is 311 g/mol. The first-order valence-corrected chi connectivity index (χ1v) is 8.00. The molecule has 0 amide bonds. The second-order valence-corrected chi connectivity index (χ2v) is 6.31. The fraction of sp³-hybridized carbons (Fsp3) is 0.625. The van der Waals surface area contributed by atoms with Crippen molar-refractivity contribution in [2.75, 3.05) is 11.9 Å². The van der Waals surface area contributed by atoms with E-state index in [4.69, 9.17) is 0 Å². The quantitative estimate of drug-likeness (QED) is 0.667. The van der Waals surface area contributed by atoms with Gasteiger partial charge in [-0.25, -0.2) is 0 Å². The third-order valence-electron chi connectivity index (χ3n) is 3.57. The summed E-state index contributed by atoms with van der Waals surface area (Å²) in [5.74, 6) is 1.44. The second kappa shape index (κ2) is 7.96. The number of alkyl halides is 1. The van der Waals surface area contributed by atoms with Gasteiger partial charge >= 0.3 is 0 Å². The molecule has 0 radical (unpaired) electrons. The van der Waals surface area contributed by atoms with Crippen molar-refractivity contribution in [2.24, 2.45) is 11.8 Å². The minimum atomic E-state index is 0.588. The van der Waals surface area contributed by atoms with E-state index in [0.29, 0.717) is 6.04 Å². The largest absolute Gasteiger partial charge is 0.296 e. The highest BCUT2D eigenvalue weighted by molar-refractivity contribution is 9.09. The Morgan fingerprint density at radius 2 is 1.67 bits per heavy atom. The fourth-order valence-electron chi connectivity index (χ4n) is 2.01. The molecule has 0 spiro atoms. The summed E-state index contributed by atoms with van der Waals surface area (Å²) in [6.07, 6.45) is 0. The molecule has 2 heteroatoms. The van der Waals surface area contributed by atoms with E-state index in [9.17, 15) is 0 Å². The Labute approximate surface area is 121 Å². The maximum atomic E-state index is 3.65. The summed E-state index contributed by atoms with van der Waals surface area (Å²) in [6, 6.07) is 11.3. The maximum absolute atomic E-state index is 3.65. The number of hydrogen-bond acceptors (Lipinski definition) is 1. The van der Waals surface area contributed by atoms with E-state index in [0.717, 1.165) is 30.3 Å². The highest BCUT2D eigenvalue weighted by Crippen LogP contribution is 2.18. The highest BCUT2D eigenvalue weighted by atomic mass is 79.9. The van der Waals surface area contributed by atoms with Crippen molar-refractivity contribution in [3.05, 3.63) is 35.9 Å². The first-order valence-electron chi connectivity index (χ1n) is 6.88. The third kappa shape index (κ3) is 5.11. The lowest BCUT2D eigenvalue weighted by Gasteiger charge is -2.31. The molecule has 1 aromatic carbocycles. The van der Waals surface area contributed by atoms with Crippen LogP contribution in [0.15, 0.2) is 30.3 Å². The van der Waals surface area contributed by atoms with Gasteiger partial charge in [-0.2, -0.15) is 0 Å². The molecule has 0 aliphatic rings. The van der Waals surface area contributed by atoms with Crippen LogP contribution in [0, 0.1) is 11.8 Å². The Morgan fingerprint density at radius 3 is 2.11 bits per heavy atom. The molecule has 1 aromatic rings. The Bertz CT molecular complexity index is 321. The van der Waals surface area contributed by atoms with Crippen molar-refractivity contribution in [1.82, 2.24) is 4.90 Å². The number of rotatable bonds is 7. The van der Waals surface area contributed by atoms with E-state index in [1.807, 2.05) is 0 Å². The zero-order valence-corrected chi connectivity index (χ0v) is 13.7. The predicted molar refractivity (Wildman–Crippen MR) is 84.1 cm³/mol. The second-order valence-electron chi connectivity index (χ2n) is 5.67. The van der Waals surface area contributed by atoms with Gasteiger partial charge in [0.1, 0.15) is 0 Å². The lowest BCUT2D eigenvalue weighted by molar-refractivity contribution is 0.167. The van der Waals surface area contributed by atoms with Crippen LogP contribution in [-0.2, 0) is 6.54 Å². The molecular weight excluding hydrogens is 286 g/mol. The molecule has 0 saturated heterocycles. The van der Waals surface area contributed by atoms with Gasteiger partial charge in [0.15, 0.2) is 0 Å². The predicted octanol–water partition coefficient (Wildman–Crippen LogP) is 4.56. The summed E-state index contributed by atoms with van der Waals surface area (Å²) in [4.78, 5) is 2.57. The van der Waals surface area contributed by atoms with Gasteiger partial charge in [0.05, 0.1) is 0 Å². The van der Waals surface area contributed by atoms with Crippen LogP contribution in [0.1, 0.15) is 33.3 Å². The normalized spacial score (nSPS) is 13.6. The molecule has 0 heterocycles. The highest BCUT2D eigenvalue weighted by Gasteiger charge is 2.18. The number of halogens is 1. The van der Waals surface area contributed by atoms with Gasteiger partial charge in [0.2, 0.25) is 0 Å². The van der Waals surface area contributed by atoms with Crippen molar-refractivity contribution in [1.29, 1.82) is 0 Å². The maximum Gasteiger partial charge on any atom is 0.0236 e. The molecule has 18 heavy (non-hydrogen) atoms. The number of nitrogens with zero attached hydrogens (tertiary/aromatic N) is 1. The molecule has 1 nitrogen and oxygen atoms in total.